The van der Waals surface area contributed by atoms with E-state index in [1.54, 1.807) is 24.5 Å². The first-order chi connectivity index (χ1) is 9.15. The molecule has 0 aliphatic rings. The molecule has 96 valence electrons. The van der Waals surface area contributed by atoms with Gasteiger partial charge in [-0.15, -0.1) is 0 Å². The van der Waals surface area contributed by atoms with Crippen LogP contribution < -0.4 is 5.32 Å². The van der Waals surface area contributed by atoms with Crippen LogP contribution in [0.15, 0.2) is 43.0 Å². The highest BCUT2D eigenvalue weighted by Gasteiger charge is 2.07. The average molecular weight is 257 g/mol. The number of hydrogen-bond acceptors (Lipinski definition) is 4. The van der Waals surface area contributed by atoms with Gasteiger partial charge < -0.3 is 10.4 Å². The number of nitrogens with zero attached hydrogens (tertiary/aromatic N) is 2. The number of amides is 1. The fourth-order valence-electron chi connectivity index (χ4n) is 1.52. The molecule has 6 nitrogen and oxygen atoms in total. The van der Waals surface area contributed by atoms with Crippen LogP contribution in [0.4, 0.5) is 5.69 Å². The van der Waals surface area contributed by atoms with Gasteiger partial charge in [0.05, 0.1) is 23.9 Å². The summed E-state index contributed by atoms with van der Waals surface area (Å²) in [6, 6.07) is 4.84. The lowest BCUT2D eigenvalue weighted by atomic mass is 10.2. The fraction of sp³-hybridized carbons (Fsp3) is 0.0769. The summed E-state index contributed by atoms with van der Waals surface area (Å²) in [6.07, 6.45) is 6.03. The SMILES string of the molecule is O=C(Cc1ccncc1)Nc1cncc(C(=O)O)c1. The molecule has 2 rings (SSSR count). The third-order valence-electron chi connectivity index (χ3n) is 2.38. The number of carbonyl (C=O) groups is 2. The van der Waals surface area contributed by atoms with Gasteiger partial charge >= 0.3 is 5.97 Å². The summed E-state index contributed by atoms with van der Waals surface area (Å²) < 4.78 is 0. The average Bonchev–Trinajstić information content (AvgIpc) is 2.40. The van der Waals surface area contributed by atoms with Crippen molar-refractivity contribution in [3.8, 4) is 0 Å². The third-order valence-corrected chi connectivity index (χ3v) is 2.38. The third kappa shape index (κ3) is 3.60. The Balaban J connectivity index is 2.03. The minimum atomic E-state index is -1.09. The van der Waals surface area contributed by atoms with Crippen molar-refractivity contribution in [1.82, 2.24) is 9.97 Å². The molecule has 2 N–H and O–H groups in total. The molecule has 0 saturated heterocycles. The van der Waals surface area contributed by atoms with Gasteiger partial charge in [-0.2, -0.15) is 0 Å². The van der Waals surface area contributed by atoms with E-state index in [0.29, 0.717) is 5.69 Å². The second kappa shape index (κ2) is 5.72. The predicted octanol–water partition coefficient (Wildman–Crippen LogP) is 1.36. The molecule has 0 aromatic carbocycles. The molecule has 0 atom stereocenters. The van der Waals surface area contributed by atoms with Crippen LogP contribution >= 0.6 is 0 Å². The van der Waals surface area contributed by atoms with Crippen molar-refractivity contribution >= 4 is 17.6 Å². The Morgan fingerprint density at radius 3 is 2.58 bits per heavy atom. The summed E-state index contributed by atoms with van der Waals surface area (Å²) in [7, 11) is 0. The number of aromatic nitrogens is 2. The van der Waals surface area contributed by atoms with Gasteiger partial charge in [0.15, 0.2) is 0 Å². The zero-order valence-electron chi connectivity index (χ0n) is 9.91. The first kappa shape index (κ1) is 12.7. The number of aromatic carboxylic acids is 1. The molecule has 2 aromatic heterocycles. The molecule has 0 bridgehead atoms. The number of pyridine rings is 2. The van der Waals surface area contributed by atoms with Crippen molar-refractivity contribution in [2.45, 2.75) is 6.42 Å². The van der Waals surface area contributed by atoms with Gasteiger partial charge in [0.25, 0.3) is 0 Å². The molecule has 6 heteroatoms. The quantitative estimate of drug-likeness (QED) is 0.862. The Hall–Kier alpha value is -2.76. The van der Waals surface area contributed by atoms with E-state index in [2.05, 4.69) is 15.3 Å². The topological polar surface area (TPSA) is 92.2 Å². The minimum absolute atomic E-state index is 0.0294. The molecule has 1 amide bonds. The van der Waals surface area contributed by atoms with Gasteiger partial charge in [0.2, 0.25) is 5.91 Å². The van der Waals surface area contributed by atoms with Crippen LogP contribution in [-0.4, -0.2) is 27.0 Å². The number of anilines is 1. The first-order valence-electron chi connectivity index (χ1n) is 5.52. The van der Waals surface area contributed by atoms with E-state index >= 15 is 0 Å². The van der Waals surface area contributed by atoms with E-state index in [9.17, 15) is 9.59 Å². The van der Waals surface area contributed by atoms with Crippen molar-refractivity contribution < 1.29 is 14.7 Å². The Morgan fingerprint density at radius 1 is 1.16 bits per heavy atom. The van der Waals surface area contributed by atoms with Crippen molar-refractivity contribution in [1.29, 1.82) is 0 Å². The summed E-state index contributed by atoms with van der Waals surface area (Å²) in [5.41, 5.74) is 1.22. The highest BCUT2D eigenvalue weighted by Crippen LogP contribution is 2.09. The second-order valence-electron chi connectivity index (χ2n) is 3.85. The number of hydrogen-bond donors (Lipinski definition) is 2. The number of carboxylic acid groups (broad SMARTS) is 1. The molecule has 2 aromatic rings. The largest absolute Gasteiger partial charge is 0.478 e. The smallest absolute Gasteiger partial charge is 0.337 e. The van der Waals surface area contributed by atoms with Gasteiger partial charge in [-0.3, -0.25) is 14.8 Å². The molecular formula is C13H11N3O3. The van der Waals surface area contributed by atoms with Crippen LogP contribution in [0.1, 0.15) is 15.9 Å². The highest BCUT2D eigenvalue weighted by atomic mass is 16.4. The standard InChI is InChI=1S/C13H11N3O3/c17-12(5-9-1-3-14-4-2-9)16-11-6-10(13(18)19)7-15-8-11/h1-4,6-8H,5H2,(H,16,17)(H,18,19). The Labute approximate surface area is 109 Å². The summed E-state index contributed by atoms with van der Waals surface area (Å²) >= 11 is 0. The number of carboxylic acids is 1. The maximum absolute atomic E-state index is 11.8. The van der Waals surface area contributed by atoms with E-state index in [4.69, 9.17) is 5.11 Å². The molecule has 0 unspecified atom stereocenters. The van der Waals surface area contributed by atoms with E-state index in [-0.39, 0.29) is 17.9 Å². The van der Waals surface area contributed by atoms with E-state index in [1.165, 1.54) is 18.5 Å². The number of carbonyl (C=O) groups excluding carboxylic acids is 1. The van der Waals surface area contributed by atoms with Crippen LogP contribution in [0.2, 0.25) is 0 Å². The lowest BCUT2D eigenvalue weighted by Gasteiger charge is -2.05. The van der Waals surface area contributed by atoms with Gasteiger partial charge in [0.1, 0.15) is 0 Å². The molecule has 0 saturated carbocycles. The van der Waals surface area contributed by atoms with Gasteiger partial charge in [-0.1, -0.05) is 0 Å². The molecule has 19 heavy (non-hydrogen) atoms. The predicted molar refractivity (Wildman–Crippen MR) is 67.8 cm³/mol. The van der Waals surface area contributed by atoms with Crippen LogP contribution in [-0.2, 0) is 11.2 Å². The molecule has 0 fully saturated rings. The van der Waals surface area contributed by atoms with Gasteiger partial charge in [-0.05, 0) is 23.8 Å². The summed E-state index contributed by atoms with van der Waals surface area (Å²) in [6.45, 7) is 0. The lowest BCUT2D eigenvalue weighted by Crippen LogP contribution is -2.15. The molecule has 0 aliphatic carbocycles. The number of nitrogens with one attached hydrogen (secondary N) is 1. The molecular weight excluding hydrogens is 246 g/mol. The van der Waals surface area contributed by atoms with Gasteiger partial charge in [-0.25, -0.2) is 4.79 Å². The Morgan fingerprint density at radius 2 is 1.89 bits per heavy atom. The highest BCUT2D eigenvalue weighted by molar-refractivity contribution is 5.94. The van der Waals surface area contributed by atoms with Crippen LogP contribution in [0.3, 0.4) is 0 Å². The van der Waals surface area contributed by atoms with Crippen LogP contribution in [0, 0.1) is 0 Å². The van der Waals surface area contributed by atoms with Gasteiger partial charge in [0, 0.05) is 18.6 Å². The molecule has 0 spiro atoms. The number of rotatable bonds is 4. The van der Waals surface area contributed by atoms with Crippen molar-refractivity contribution in [3.05, 3.63) is 54.1 Å². The maximum Gasteiger partial charge on any atom is 0.337 e. The summed E-state index contributed by atoms with van der Waals surface area (Å²) in [5, 5.41) is 11.4. The van der Waals surface area contributed by atoms with E-state index in [1.807, 2.05) is 0 Å². The molecule has 0 aliphatic heterocycles. The fourth-order valence-corrected chi connectivity index (χ4v) is 1.52. The zero-order chi connectivity index (χ0) is 13.7. The Kier molecular flexibility index (Phi) is 3.82. The van der Waals surface area contributed by atoms with Crippen molar-refractivity contribution in [2.75, 3.05) is 5.32 Å². The summed E-state index contributed by atoms with van der Waals surface area (Å²) in [5.74, 6) is -1.33. The molecule has 0 radical (unpaired) electrons. The second-order valence-corrected chi connectivity index (χ2v) is 3.85. The van der Waals surface area contributed by atoms with Crippen molar-refractivity contribution in [2.24, 2.45) is 0 Å². The monoisotopic (exact) mass is 257 g/mol. The van der Waals surface area contributed by atoms with E-state index in [0.717, 1.165) is 5.56 Å². The maximum atomic E-state index is 11.8. The van der Waals surface area contributed by atoms with E-state index < -0.39 is 5.97 Å². The minimum Gasteiger partial charge on any atom is -0.478 e. The van der Waals surface area contributed by atoms with Crippen LogP contribution in [0.5, 0.6) is 0 Å². The van der Waals surface area contributed by atoms with Crippen molar-refractivity contribution in [3.63, 3.8) is 0 Å². The zero-order valence-corrected chi connectivity index (χ0v) is 9.91. The normalized spacial score (nSPS) is 9.89. The molecule has 2 heterocycles. The first-order valence-corrected chi connectivity index (χ1v) is 5.52. The lowest BCUT2D eigenvalue weighted by molar-refractivity contribution is -0.115. The summed E-state index contributed by atoms with van der Waals surface area (Å²) in [4.78, 5) is 30.1. The van der Waals surface area contributed by atoms with Crippen LogP contribution in [0.25, 0.3) is 0 Å². The Bertz CT molecular complexity index is 599.